The molecule has 1 atom stereocenters. The van der Waals surface area contributed by atoms with Gasteiger partial charge in [0.1, 0.15) is 6.10 Å². The van der Waals surface area contributed by atoms with Gasteiger partial charge in [0.15, 0.2) is 5.13 Å². The lowest BCUT2D eigenvalue weighted by molar-refractivity contribution is -0.125. The number of nitrogens with zero attached hydrogens (tertiary/aromatic N) is 2. The van der Waals surface area contributed by atoms with Gasteiger partial charge in [-0.3, -0.25) is 9.69 Å². The summed E-state index contributed by atoms with van der Waals surface area (Å²) in [5, 5.41) is 11.4. The number of amides is 1. The predicted octanol–water partition coefficient (Wildman–Crippen LogP) is 0.487. The largest absolute Gasteiger partial charge is 0.384 e. The molecule has 0 radical (unpaired) electrons. The van der Waals surface area contributed by atoms with Crippen LogP contribution < -0.4 is 4.90 Å². The van der Waals surface area contributed by atoms with Crippen LogP contribution in [0.5, 0.6) is 0 Å². The van der Waals surface area contributed by atoms with Crippen molar-refractivity contribution < 1.29 is 9.90 Å². The summed E-state index contributed by atoms with van der Waals surface area (Å²) in [5.74, 6) is -0.343. The second-order valence-corrected chi connectivity index (χ2v) is 3.26. The molecule has 0 aliphatic heterocycles. The van der Waals surface area contributed by atoms with Crippen LogP contribution in [-0.4, -0.2) is 29.1 Å². The summed E-state index contributed by atoms with van der Waals surface area (Å²) in [6.07, 6.45) is 0.644. The monoisotopic (exact) mass is 186 g/mol. The summed E-state index contributed by atoms with van der Waals surface area (Å²) in [4.78, 5) is 16.5. The van der Waals surface area contributed by atoms with Crippen LogP contribution in [0.15, 0.2) is 11.6 Å². The number of hydrogen-bond donors (Lipinski definition) is 1. The molecule has 0 aliphatic carbocycles. The van der Waals surface area contributed by atoms with Gasteiger partial charge in [-0.1, -0.05) is 0 Å². The van der Waals surface area contributed by atoms with Crippen LogP contribution in [0, 0.1) is 0 Å². The Kier molecular flexibility index (Phi) is 2.78. The van der Waals surface area contributed by atoms with Crippen LogP contribution in [0.3, 0.4) is 0 Å². The summed E-state index contributed by atoms with van der Waals surface area (Å²) < 4.78 is 0. The molecule has 0 spiro atoms. The van der Waals surface area contributed by atoms with Crippen molar-refractivity contribution in [2.45, 2.75) is 13.0 Å². The highest BCUT2D eigenvalue weighted by molar-refractivity contribution is 7.13. The van der Waals surface area contributed by atoms with Crippen LogP contribution in [0.25, 0.3) is 0 Å². The van der Waals surface area contributed by atoms with Crippen LogP contribution in [0.4, 0.5) is 5.13 Å². The van der Waals surface area contributed by atoms with Gasteiger partial charge in [0.05, 0.1) is 0 Å². The number of aromatic nitrogens is 1. The molecule has 5 heteroatoms. The van der Waals surface area contributed by atoms with Crippen molar-refractivity contribution in [2.75, 3.05) is 11.9 Å². The van der Waals surface area contributed by atoms with E-state index in [0.29, 0.717) is 5.13 Å². The minimum absolute atomic E-state index is 0.343. The molecule has 66 valence electrons. The first-order valence-corrected chi connectivity index (χ1v) is 4.36. The van der Waals surface area contributed by atoms with E-state index in [-0.39, 0.29) is 5.91 Å². The fraction of sp³-hybridized carbons (Fsp3) is 0.429. The number of thiazole rings is 1. The van der Waals surface area contributed by atoms with Crippen molar-refractivity contribution in [1.82, 2.24) is 4.98 Å². The highest BCUT2D eigenvalue weighted by Crippen LogP contribution is 2.15. The molecule has 0 saturated carbocycles. The van der Waals surface area contributed by atoms with Crippen LogP contribution >= 0.6 is 11.3 Å². The summed E-state index contributed by atoms with van der Waals surface area (Å²) in [5.41, 5.74) is 0. The Balaban J connectivity index is 2.72. The second-order valence-electron chi connectivity index (χ2n) is 2.39. The van der Waals surface area contributed by atoms with E-state index in [1.54, 1.807) is 18.6 Å². The first-order valence-electron chi connectivity index (χ1n) is 3.48. The lowest BCUT2D eigenvalue weighted by atomic mass is 10.4. The molecule has 0 fully saturated rings. The minimum atomic E-state index is -0.973. The average molecular weight is 186 g/mol. The Labute approximate surface area is 74.5 Å². The van der Waals surface area contributed by atoms with Gasteiger partial charge in [0.2, 0.25) is 0 Å². The predicted molar refractivity (Wildman–Crippen MR) is 47.2 cm³/mol. The number of likely N-dealkylation sites (N-methyl/N-ethyl adjacent to an activating group) is 1. The molecule has 0 aliphatic rings. The van der Waals surface area contributed by atoms with Crippen molar-refractivity contribution in [1.29, 1.82) is 0 Å². The summed E-state index contributed by atoms with van der Waals surface area (Å²) in [6.45, 7) is 1.44. The highest BCUT2D eigenvalue weighted by Gasteiger charge is 2.17. The van der Waals surface area contributed by atoms with Crippen molar-refractivity contribution in [3.8, 4) is 0 Å². The second kappa shape index (κ2) is 3.64. The van der Waals surface area contributed by atoms with Gasteiger partial charge in [-0.25, -0.2) is 4.98 Å². The molecule has 1 amide bonds. The van der Waals surface area contributed by atoms with Crippen LogP contribution in [0.2, 0.25) is 0 Å². The van der Waals surface area contributed by atoms with Gasteiger partial charge in [0, 0.05) is 18.6 Å². The number of anilines is 1. The first kappa shape index (κ1) is 9.15. The summed E-state index contributed by atoms with van der Waals surface area (Å²) >= 11 is 1.36. The lowest BCUT2D eigenvalue weighted by Crippen LogP contribution is -2.34. The number of aliphatic hydroxyl groups is 1. The molecule has 1 aromatic heterocycles. The molecule has 0 saturated heterocycles. The van der Waals surface area contributed by atoms with E-state index in [2.05, 4.69) is 4.98 Å². The van der Waals surface area contributed by atoms with E-state index in [1.807, 2.05) is 0 Å². The first-order chi connectivity index (χ1) is 5.63. The molecule has 1 rings (SSSR count). The zero-order valence-corrected chi connectivity index (χ0v) is 7.71. The standard InChI is InChI=1S/C7H10N2O2S/c1-5(10)6(11)9(2)7-8-3-4-12-7/h3-5,10H,1-2H3/t5-/m0/s1. The van der Waals surface area contributed by atoms with Gasteiger partial charge in [-0.2, -0.15) is 0 Å². The van der Waals surface area contributed by atoms with Crippen molar-refractivity contribution in [3.63, 3.8) is 0 Å². The van der Waals surface area contributed by atoms with E-state index in [4.69, 9.17) is 5.11 Å². The van der Waals surface area contributed by atoms with Crippen LogP contribution in [-0.2, 0) is 4.79 Å². The maximum absolute atomic E-state index is 11.2. The zero-order chi connectivity index (χ0) is 9.14. The smallest absolute Gasteiger partial charge is 0.257 e. The Bertz CT molecular complexity index is 258. The summed E-state index contributed by atoms with van der Waals surface area (Å²) in [6, 6.07) is 0. The molecular formula is C7H10N2O2S. The molecule has 1 N–H and O–H groups in total. The fourth-order valence-corrected chi connectivity index (χ4v) is 1.37. The molecular weight excluding hydrogens is 176 g/mol. The lowest BCUT2D eigenvalue weighted by Gasteiger charge is -2.14. The topological polar surface area (TPSA) is 53.4 Å². The maximum Gasteiger partial charge on any atom is 0.257 e. The van der Waals surface area contributed by atoms with Gasteiger partial charge >= 0.3 is 0 Å². The average Bonchev–Trinajstić information content (AvgIpc) is 2.53. The number of carbonyl (C=O) groups is 1. The zero-order valence-electron chi connectivity index (χ0n) is 6.89. The van der Waals surface area contributed by atoms with Crippen molar-refractivity contribution in [3.05, 3.63) is 11.6 Å². The molecule has 1 heterocycles. The summed E-state index contributed by atoms with van der Waals surface area (Å²) in [7, 11) is 1.59. The Morgan fingerprint density at radius 1 is 1.83 bits per heavy atom. The van der Waals surface area contributed by atoms with E-state index < -0.39 is 6.10 Å². The number of hydrogen-bond acceptors (Lipinski definition) is 4. The van der Waals surface area contributed by atoms with Crippen molar-refractivity contribution in [2.24, 2.45) is 0 Å². The third kappa shape index (κ3) is 1.80. The number of rotatable bonds is 2. The van der Waals surface area contributed by atoms with Crippen molar-refractivity contribution >= 4 is 22.4 Å². The van der Waals surface area contributed by atoms with E-state index in [9.17, 15) is 4.79 Å². The van der Waals surface area contributed by atoms with Gasteiger partial charge in [-0.15, -0.1) is 11.3 Å². The molecule has 4 nitrogen and oxygen atoms in total. The highest BCUT2D eigenvalue weighted by atomic mass is 32.1. The SMILES string of the molecule is C[C@H](O)C(=O)N(C)c1nccs1. The third-order valence-electron chi connectivity index (χ3n) is 1.39. The fourth-order valence-electron chi connectivity index (χ4n) is 0.756. The molecule has 0 aromatic carbocycles. The maximum atomic E-state index is 11.2. The number of aliphatic hydroxyl groups excluding tert-OH is 1. The molecule has 0 unspecified atom stereocenters. The quantitative estimate of drug-likeness (QED) is 0.731. The van der Waals surface area contributed by atoms with E-state index in [0.717, 1.165) is 0 Å². The third-order valence-corrected chi connectivity index (χ3v) is 2.24. The Morgan fingerprint density at radius 2 is 2.50 bits per heavy atom. The van der Waals surface area contributed by atoms with Gasteiger partial charge < -0.3 is 5.11 Å². The van der Waals surface area contributed by atoms with E-state index >= 15 is 0 Å². The Morgan fingerprint density at radius 3 is 2.92 bits per heavy atom. The molecule has 12 heavy (non-hydrogen) atoms. The molecule has 1 aromatic rings. The van der Waals surface area contributed by atoms with Crippen LogP contribution in [0.1, 0.15) is 6.92 Å². The van der Waals surface area contributed by atoms with E-state index in [1.165, 1.54) is 23.2 Å². The normalized spacial score (nSPS) is 12.6. The minimum Gasteiger partial charge on any atom is -0.384 e. The van der Waals surface area contributed by atoms with Gasteiger partial charge in [-0.05, 0) is 6.92 Å². The molecule has 0 bridgehead atoms. The van der Waals surface area contributed by atoms with Gasteiger partial charge in [0.25, 0.3) is 5.91 Å². The number of carbonyl (C=O) groups excluding carboxylic acids is 1. The Hall–Kier alpha value is -0.940.